The molecular formula is C16H17ClN2O4S. The second-order valence-corrected chi connectivity index (χ2v) is 7.28. The molecule has 24 heavy (non-hydrogen) atoms. The van der Waals surface area contributed by atoms with Gasteiger partial charge in [-0.3, -0.25) is 9.10 Å². The SMILES string of the molecule is COc1ccccc1NC(=O)CN(c1ccccc1Cl)S(C)(=O)=O. The number of rotatable bonds is 6. The first-order chi connectivity index (χ1) is 11.3. The Bertz CT molecular complexity index is 839. The molecule has 2 rings (SSSR count). The molecule has 6 nitrogen and oxygen atoms in total. The molecule has 0 atom stereocenters. The van der Waals surface area contributed by atoms with E-state index in [4.69, 9.17) is 16.3 Å². The van der Waals surface area contributed by atoms with Gasteiger partial charge >= 0.3 is 0 Å². The van der Waals surface area contributed by atoms with Crippen molar-refractivity contribution in [1.29, 1.82) is 0 Å². The van der Waals surface area contributed by atoms with E-state index in [1.54, 1.807) is 48.5 Å². The zero-order valence-corrected chi connectivity index (χ0v) is 14.8. The van der Waals surface area contributed by atoms with E-state index >= 15 is 0 Å². The number of sulfonamides is 1. The van der Waals surface area contributed by atoms with Gasteiger partial charge in [-0.05, 0) is 24.3 Å². The van der Waals surface area contributed by atoms with Crippen LogP contribution in [0.5, 0.6) is 5.75 Å². The molecule has 128 valence electrons. The molecule has 0 aliphatic carbocycles. The molecule has 0 bridgehead atoms. The van der Waals surface area contributed by atoms with Gasteiger partial charge in [0.15, 0.2) is 0 Å². The van der Waals surface area contributed by atoms with Gasteiger partial charge in [0, 0.05) is 0 Å². The smallest absolute Gasteiger partial charge is 0.245 e. The minimum Gasteiger partial charge on any atom is -0.495 e. The summed E-state index contributed by atoms with van der Waals surface area (Å²) in [7, 11) is -2.20. The highest BCUT2D eigenvalue weighted by Gasteiger charge is 2.23. The zero-order chi connectivity index (χ0) is 17.7. The molecule has 0 aromatic heterocycles. The lowest BCUT2D eigenvalue weighted by molar-refractivity contribution is -0.114. The van der Waals surface area contributed by atoms with Crippen LogP contribution in [-0.4, -0.2) is 34.2 Å². The summed E-state index contributed by atoms with van der Waals surface area (Å²) in [6, 6.07) is 13.3. The monoisotopic (exact) mass is 368 g/mol. The van der Waals surface area contributed by atoms with Gasteiger partial charge in [0.2, 0.25) is 15.9 Å². The number of nitrogens with one attached hydrogen (secondary N) is 1. The number of ether oxygens (including phenoxy) is 1. The second kappa shape index (κ2) is 7.55. The molecule has 2 aromatic carbocycles. The van der Waals surface area contributed by atoms with Crippen LogP contribution in [0.4, 0.5) is 11.4 Å². The number of carbonyl (C=O) groups excluding carboxylic acids is 1. The molecule has 0 aliphatic rings. The average Bonchev–Trinajstić information content (AvgIpc) is 2.53. The average molecular weight is 369 g/mol. The molecule has 0 heterocycles. The Labute approximate surface area is 146 Å². The quantitative estimate of drug-likeness (QED) is 0.850. The van der Waals surface area contributed by atoms with E-state index in [1.807, 2.05) is 0 Å². The number of methoxy groups -OCH3 is 1. The highest BCUT2D eigenvalue weighted by atomic mass is 35.5. The Hall–Kier alpha value is -2.25. The normalized spacial score (nSPS) is 11.0. The summed E-state index contributed by atoms with van der Waals surface area (Å²) >= 11 is 6.06. The van der Waals surface area contributed by atoms with Crippen molar-refractivity contribution in [2.75, 3.05) is 29.5 Å². The summed E-state index contributed by atoms with van der Waals surface area (Å²) in [4.78, 5) is 12.3. The van der Waals surface area contributed by atoms with E-state index in [1.165, 1.54) is 7.11 Å². The first-order valence-electron chi connectivity index (χ1n) is 6.98. The van der Waals surface area contributed by atoms with Gasteiger partial charge in [-0.1, -0.05) is 35.9 Å². The summed E-state index contributed by atoms with van der Waals surface area (Å²) in [6.45, 7) is -0.402. The molecule has 2 aromatic rings. The predicted octanol–water partition coefficient (Wildman–Crippen LogP) is 2.75. The van der Waals surface area contributed by atoms with Crippen molar-refractivity contribution in [2.24, 2.45) is 0 Å². The van der Waals surface area contributed by atoms with Crippen molar-refractivity contribution < 1.29 is 17.9 Å². The third-order valence-corrected chi connectivity index (χ3v) is 4.64. The van der Waals surface area contributed by atoms with Crippen molar-refractivity contribution in [3.8, 4) is 5.75 Å². The molecule has 0 aliphatic heterocycles. The number of hydrogen-bond donors (Lipinski definition) is 1. The Morgan fingerprint density at radius 3 is 2.42 bits per heavy atom. The minimum absolute atomic E-state index is 0.244. The maximum atomic E-state index is 12.3. The third kappa shape index (κ3) is 4.39. The molecule has 8 heteroatoms. The first kappa shape index (κ1) is 18.1. The van der Waals surface area contributed by atoms with Crippen LogP contribution in [-0.2, 0) is 14.8 Å². The maximum Gasteiger partial charge on any atom is 0.245 e. The van der Waals surface area contributed by atoms with Gasteiger partial charge in [0.25, 0.3) is 0 Å². The van der Waals surface area contributed by atoms with Crippen molar-refractivity contribution >= 4 is 38.9 Å². The number of carbonyl (C=O) groups is 1. The predicted molar refractivity (Wildman–Crippen MR) is 95.3 cm³/mol. The Kier molecular flexibility index (Phi) is 5.69. The van der Waals surface area contributed by atoms with Crippen LogP contribution in [0.2, 0.25) is 5.02 Å². The number of nitrogens with zero attached hydrogens (tertiary/aromatic N) is 1. The minimum atomic E-state index is -3.69. The summed E-state index contributed by atoms with van der Waals surface area (Å²) in [5, 5.41) is 2.88. The van der Waals surface area contributed by atoms with E-state index in [-0.39, 0.29) is 10.7 Å². The van der Waals surface area contributed by atoms with Gasteiger partial charge < -0.3 is 10.1 Å². The topological polar surface area (TPSA) is 75.7 Å². The van der Waals surface area contributed by atoms with E-state index < -0.39 is 22.5 Å². The molecule has 0 radical (unpaired) electrons. The molecule has 1 amide bonds. The Morgan fingerprint density at radius 1 is 1.17 bits per heavy atom. The van der Waals surface area contributed by atoms with Crippen molar-refractivity contribution in [2.45, 2.75) is 0 Å². The van der Waals surface area contributed by atoms with Crippen LogP contribution in [0.25, 0.3) is 0 Å². The summed E-state index contributed by atoms with van der Waals surface area (Å²) < 4.78 is 30.2. The third-order valence-electron chi connectivity index (χ3n) is 3.19. The van der Waals surface area contributed by atoms with Crippen LogP contribution in [0, 0.1) is 0 Å². The van der Waals surface area contributed by atoms with E-state index in [0.29, 0.717) is 11.4 Å². The lowest BCUT2D eigenvalue weighted by Gasteiger charge is -2.23. The van der Waals surface area contributed by atoms with Crippen LogP contribution in [0.3, 0.4) is 0 Å². The second-order valence-electron chi connectivity index (χ2n) is 4.97. The highest BCUT2D eigenvalue weighted by Crippen LogP contribution is 2.27. The van der Waals surface area contributed by atoms with Crippen molar-refractivity contribution in [1.82, 2.24) is 0 Å². The number of hydrogen-bond acceptors (Lipinski definition) is 4. The fraction of sp³-hybridized carbons (Fsp3) is 0.188. The first-order valence-corrected chi connectivity index (χ1v) is 9.20. The van der Waals surface area contributed by atoms with Crippen LogP contribution < -0.4 is 14.4 Å². The number of anilines is 2. The summed E-state index contributed by atoms with van der Waals surface area (Å²) in [6.07, 6.45) is 1.02. The Morgan fingerprint density at radius 2 is 1.79 bits per heavy atom. The lowest BCUT2D eigenvalue weighted by atomic mass is 10.3. The van der Waals surface area contributed by atoms with Gasteiger partial charge in [-0.25, -0.2) is 8.42 Å². The van der Waals surface area contributed by atoms with E-state index in [0.717, 1.165) is 10.6 Å². The van der Waals surface area contributed by atoms with Crippen molar-refractivity contribution in [3.63, 3.8) is 0 Å². The van der Waals surface area contributed by atoms with Crippen molar-refractivity contribution in [3.05, 3.63) is 53.6 Å². The molecule has 0 unspecified atom stereocenters. The molecule has 1 N–H and O–H groups in total. The van der Waals surface area contributed by atoms with Crippen LogP contribution in [0.15, 0.2) is 48.5 Å². The molecule has 0 fully saturated rings. The zero-order valence-electron chi connectivity index (χ0n) is 13.2. The Balaban J connectivity index is 2.25. The molecular weight excluding hydrogens is 352 g/mol. The number of halogens is 1. The van der Waals surface area contributed by atoms with Crippen LogP contribution in [0.1, 0.15) is 0 Å². The van der Waals surface area contributed by atoms with Crippen LogP contribution >= 0.6 is 11.6 Å². The van der Waals surface area contributed by atoms with Gasteiger partial charge in [0.1, 0.15) is 12.3 Å². The summed E-state index contributed by atoms with van der Waals surface area (Å²) in [5.41, 5.74) is 0.703. The highest BCUT2D eigenvalue weighted by molar-refractivity contribution is 7.92. The number of amides is 1. The van der Waals surface area contributed by atoms with E-state index in [2.05, 4.69) is 5.32 Å². The maximum absolute atomic E-state index is 12.3. The van der Waals surface area contributed by atoms with Gasteiger partial charge in [0.05, 0.1) is 29.8 Å². The van der Waals surface area contributed by atoms with E-state index in [9.17, 15) is 13.2 Å². The largest absolute Gasteiger partial charge is 0.495 e. The standard InChI is InChI=1S/C16H17ClN2O4S/c1-23-15-10-6-4-8-13(15)18-16(20)11-19(24(2,21)22)14-9-5-3-7-12(14)17/h3-10H,11H2,1-2H3,(H,18,20). The fourth-order valence-electron chi connectivity index (χ4n) is 2.10. The molecule has 0 spiro atoms. The summed E-state index contributed by atoms with van der Waals surface area (Å²) in [5.74, 6) is -0.0284. The number of para-hydroxylation sites is 3. The molecule has 0 saturated heterocycles. The lowest BCUT2D eigenvalue weighted by Crippen LogP contribution is -2.37. The van der Waals surface area contributed by atoms with Gasteiger partial charge in [-0.2, -0.15) is 0 Å². The number of benzene rings is 2. The van der Waals surface area contributed by atoms with Gasteiger partial charge in [-0.15, -0.1) is 0 Å². The fourth-order valence-corrected chi connectivity index (χ4v) is 3.26. The molecule has 0 saturated carbocycles.